The zero-order chi connectivity index (χ0) is 15.6. The van der Waals surface area contributed by atoms with Crippen molar-refractivity contribution in [3.05, 3.63) is 58.2 Å². The number of alkyl halides is 3. The molecule has 0 spiro atoms. The average molecular weight is 323 g/mol. The average Bonchev–Trinajstić information content (AvgIpc) is 2.38. The molecule has 0 aliphatic carbocycles. The van der Waals surface area contributed by atoms with Gasteiger partial charge in [0.1, 0.15) is 11.0 Å². The highest BCUT2D eigenvalue weighted by Gasteiger charge is 2.31. The summed E-state index contributed by atoms with van der Waals surface area (Å²) in [5.74, 6) is -2.15. The molecule has 1 heterocycles. The third-order valence-corrected chi connectivity index (χ3v) is 2.77. The Kier molecular flexibility index (Phi) is 4.32. The van der Waals surface area contributed by atoms with Crippen LogP contribution in [0.4, 0.5) is 27.8 Å². The lowest BCUT2D eigenvalue weighted by atomic mass is 10.2. The molecule has 1 aromatic heterocycles. The van der Waals surface area contributed by atoms with Crippen LogP contribution in [0.15, 0.2) is 30.3 Å². The highest BCUT2D eigenvalue weighted by atomic mass is 35.5. The number of aromatic nitrogens is 1. The van der Waals surface area contributed by atoms with Gasteiger partial charge in [0.05, 0.1) is 5.56 Å². The smallest absolute Gasteiger partial charge is 0.366 e. The van der Waals surface area contributed by atoms with Crippen LogP contribution in [0.5, 0.6) is 0 Å². The minimum Gasteiger partial charge on any atom is -0.366 e. The molecule has 0 aliphatic heterocycles. The van der Waals surface area contributed by atoms with Crippen molar-refractivity contribution in [1.82, 2.24) is 4.98 Å². The molecular weight excluding hydrogens is 315 g/mol. The summed E-state index contributed by atoms with van der Waals surface area (Å²) >= 11 is 5.52. The Balaban J connectivity index is 2.16. The van der Waals surface area contributed by atoms with E-state index in [-0.39, 0.29) is 17.5 Å². The van der Waals surface area contributed by atoms with E-state index in [2.05, 4.69) is 10.3 Å². The van der Waals surface area contributed by atoms with E-state index in [9.17, 15) is 22.0 Å². The Bertz CT molecular complexity index is 657. The number of nitrogens with one attached hydrogen (secondary N) is 1. The second kappa shape index (κ2) is 5.85. The molecule has 0 unspecified atom stereocenters. The summed E-state index contributed by atoms with van der Waals surface area (Å²) in [6.45, 7) is -0.0260. The van der Waals surface area contributed by atoms with Gasteiger partial charge in [0.25, 0.3) is 0 Å². The predicted octanol–water partition coefficient (Wildman–Crippen LogP) is 4.64. The molecule has 0 atom stereocenters. The number of benzene rings is 1. The van der Waals surface area contributed by atoms with Gasteiger partial charge in [-0.05, 0) is 29.8 Å². The quantitative estimate of drug-likeness (QED) is 0.657. The van der Waals surface area contributed by atoms with Crippen molar-refractivity contribution >= 4 is 17.4 Å². The van der Waals surface area contributed by atoms with Crippen LogP contribution in [0, 0.1) is 11.6 Å². The lowest BCUT2D eigenvalue weighted by molar-refractivity contribution is -0.137. The Labute approximate surface area is 121 Å². The van der Waals surface area contributed by atoms with Crippen LogP contribution >= 0.6 is 11.6 Å². The van der Waals surface area contributed by atoms with Gasteiger partial charge in [-0.3, -0.25) is 0 Å². The number of halogens is 6. The summed E-state index contributed by atoms with van der Waals surface area (Å²) in [6, 6.07) is 4.66. The molecule has 8 heteroatoms. The monoisotopic (exact) mass is 322 g/mol. The van der Waals surface area contributed by atoms with Gasteiger partial charge in [0, 0.05) is 6.54 Å². The Morgan fingerprint density at radius 1 is 1.05 bits per heavy atom. The van der Waals surface area contributed by atoms with Gasteiger partial charge >= 0.3 is 6.18 Å². The van der Waals surface area contributed by atoms with Crippen LogP contribution in [0.25, 0.3) is 0 Å². The molecule has 0 bridgehead atoms. The Hall–Kier alpha value is -1.89. The van der Waals surface area contributed by atoms with Crippen LogP contribution in [-0.4, -0.2) is 4.98 Å². The van der Waals surface area contributed by atoms with E-state index in [1.165, 1.54) is 6.07 Å². The van der Waals surface area contributed by atoms with Gasteiger partial charge in [-0.2, -0.15) is 13.2 Å². The highest BCUT2D eigenvalue weighted by Crippen LogP contribution is 2.32. The van der Waals surface area contributed by atoms with Crippen molar-refractivity contribution in [2.45, 2.75) is 12.7 Å². The Morgan fingerprint density at radius 2 is 1.76 bits per heavy atom. The largest absolute Gasteiger partial charge is 0.416 e. The molecule has 112 valence electrons. The van der Waals surface area contributed by atoms with Crippen LogP contribution < -0.4 is 5.32 Å². The number of anilines is 1. The second-order valence-electron chi connectivity index (χ2n) is 4.16. The molecule has 1 aromatic carbocycles. The van der Waals surface area contributed by atoms with Gasteiger partial charge in [0.15, 0.2) is 11.6 Å². The number of nitrogens with zero attached hydrogens (tertiary/aromatic N) is 1. The first kappa shape index (κ1) is 15.5. The fourth-order valence-electron chi connectivity index (χ4n) is 1.59. The molecule has 2 nitrogen and oxygen atoms in total. The summed E-state index contributed by atoms with van der Waals surface area (Å²) < 4.78 is 63.6. The second-order valence-corrected chi connectivity index (χ2v) is 4.55. The maximum absolute atomic E-state index is 13.0. The van der Waals surface area contributed by atoms with E-state index in [0.29, 0.717) is 11.6 Å². The van der Waals surface area contributed by atoms with Gasteiger partial charge in [-0.1, -0.05) is 17.7 Å². The van der Waals surface area contributed by atoms with Crippen molar-refractivity contribution in [3.63, 3.8) is 0 Å². The number of rotatable bonds is 3. The zero-order valence-corrected chi connectivity index (χ0v) is 11.1. The molecule has 1 N–H and O–H groups in total. The highest BCUT2D eigenvalue weighted by molar-refractivity contribution is 6.29. The predicted molar refractivity (Wildman–Crippen MR) is 67.9 cm³/mol. The lowest BCUT2D eigenvalue weighted by Gasteiger charge is -2.11. The van der Waals surface area contributed by atoms with Crippen LogP contribution in [-0.2, 0) is 12.7 Å². The minimum absolute atomic E-state index is 0.0260. The van der Waals surface area contributed by atoms with E-state index in [0.717, 1.165) is 18.2 Å². The molecule has 0 saturated heterocycles. The number of hydrogen-bond acceptors (Lipinski definition) is 2. The molecule has 0 saturated carbocycles. The standard InChI is InChI=1S/C13H8ClF5N2/c14-11-4-8(13(17,18)19)5-12(21-11)20-6-7-1-2-9(15)10(16)3-7/h1-5H,6H2,(H,20,21). The Morgan fingerprint density at radius 3 is 2.38 bits per heavy atom. The molecular formula is C13H8ClF5N2. The normalized spacial score (nSPS) is 11.5. The van der Waals surface area contributed by atoms with Crippen molar-refractivity contribution < 1.29 is 22.0 Å². The SMILES string of the molecule is Fc1ccc(CNc2cc(C(F)(F)F)cc(Cl)n2)cc1F. The molecule has 2 rings (SSSR count). The van der Waals surface area contributed by atoms with Crippen LogP contribution in [0.1, 0.15) is 11.1 Å². The lowest BCUT2D eigenvalue weighted by Crippen LogP contribution is -2.08. The fourth-order valence-corrected chi connectivity index (χ4v) is 1.80. The molecule has 0 fully saturated rings. The number of hydrogen-bond donors (Lipinski definition) is 1. The van der Waals surface area contributed by atoms with Gasteiger partial charge < -0.3 is 5.32 Å². The number of pyridine rings is 1. The summed E-state index contributed by atoms with van der Waals surface area (Å²) in [7, 11) is 0. The van der Waals surface area contributed by atoms with Crippen molar-refractivity contribution in [3.8, 4) is 0 Å². The van der Waals surface area contributed by atoms with Gasteiger partial charge in [-0.15, -0.1) is 0 Å². The van der Waals surface area contributed by atoms with Crippen LogP contribution in [0.2, 0.25) is 5.15 Å². The van der Waals surface area contributed by atoms with Crippen LogP contribution in [0.3, 0.4) is 0 Å². The van der Waals surface area contributed by atoms with Crippen molar-refractivity contribution in [2.24, 2.45) is 0 Å². The van der Waals surface area contributed by atoms with Crippen molar-refractivity contribution in [1.29, 1.82) is 0 Å². The molecule has 0 aliphatic rings. The fraction of sp³-hybridized carbons (Fsp3) is 0.154. The van der Waals surface area contributed by atoms with E-state index in [1.54, 1.807) is 0 Å². The molecule has 21 heavy (non-hydrogen) atoms. The molecule has 2 aromatic rings. The van der Waals surface area contributed by atoms with Crippen molar-refractivity contribution in [2.75, 3.05) is 5.32 Å². The van der Waals surface area contributed by atoms with E-state index < -0.39 is 23.4 Å². The van der Waals surface area contributed by atoms with Gasteiger partial charge in [-0.25, -0.2) is 13.8 Å². The summed E-state index contributed by atoms with van der Waals surface area (Å²) in [5, 5.41) is 2.25. The summed E-state index contributed by atoms with van der Waals surface area (Å²) in [5.41, 5.74) is -0.598. The first-order valence-corrected chi connectivity index (χ1v) is 6.06. The first-order chi connectivity index (χ1) is 9.75. The van der Waals surface area contributed by atoms with Gasteiger partial charge in [0.2, 0.25) is 0 Å². The maximum atomic E-state index is 13.0. The molecule has 0 amide bonds. The summed E-state index contributed by atoms with van der Waals surface area (Å²) in [4.78, 5) is 3.69. The topological polar surface area (TPSA) is 24.9 Å². The van der Waals surface area contributed by atoms with E-state index in [1.807, 2.05) is 0 Å². The minimum atomic E-state index is -4.55. The van der Waals surface area contributed by atoms with E-state index >= 15 is 0 Å². The summed E-state index contributed by atoms with van der Waals surface area (Å²) in [6.07, 6.45) is -4.55. The maximum Gasteiger partial charge on any atom is 0.416 e. The third kappa shape index (κ3) is 4.04. The third-order valence-electron chi connectivity index (χ3n) is 2.58. The molecule has 0 radical (unpaired) electrons. The van der Waals surface area contributed by atoms with E-state index in [4.69, 9.17) is 11.6 Å². The zero-order valence-electron chi connectivity index (χ0n) is 10.3. The first-order valence-electron chi connectivity index (χ1n) is 5.68.